The summed E-state index contributed by atoms with van der Waals surface area (Å²) in [7, 11) is 0. The molecule has 0 bridgehead atoms. The van der Waals surface area contributed by atoms with Gasteiger partial charge in [-0.2, -0.15) is 0 Å². The van der Waals surface area contributed by atoms with Gasteiger partial charge in [-0.05, 0) is 87.1 Å². The summed E-state index contributed by atoms with van der Waals surface area (Å²) in [5.74, 6) is -1.51. The summed E-state index contributed by atoms with van der Waals surface area (Å²) in [6.45, 7) is 5.90. The molecule has 5 rings (SSSR count). The highest BCUT2D eigenvalue weighted by Gasteiger charge is 2.30. The molecule has 1 aliphatic rings. The van der Waals surface area contributed by atoms with E-state index in [9.17, 15) is 29.3 Å². The Hall–Kier alpha value is -5.27. The lowest BCUT2D eigenvalue weighted by Gasteiger charge is -2.18. The first-order valence-corrected chi connectivity index (χ1v) is 17.8. The third-order valence-corrected chi connectivity index (χ3v) is 10.2. The van der Waals surface area contributed by atoms with E-state index in [0.29, 0.717) is 32.6 Å². The fourth-order valence-electron chi connectivity index (χ4n) is 5.45. The van der Waals surface area contributed by atoms with Crippen molar-refractivity contribution in [3.63, 3.8) is 0 Å². The first-order valence-electron chi connectivity index (χ1n) is 16.1. The van der Waals surface area contributed by atoms with E-state index in [4.69, 9.17) is 4.74 Å². The Morgan fingerprint density at radius 2 is 1.78 bits per heavy atom. The standard InChI is InChI=1S/C37H36N4O7S2/c1-4-48-37(45)32-28-18-17-22(2)19-31(28)50-36(32)40-33(42)23(3)49-27-15-10-14-26(21-27)38-35(44)29(39-34(43)24-11-6-5-7-12-24)20-25-13-8-9-16-30(25)41(46)47/h5-16,20-23H,4,17-19H2,1-3H3,(H,38,44)(H,39,43)(H,40,42)/b29-20+. The molecule has 2 atom stereocenters. The number of nitro benzene ring substituents is 1. The van der Waals surface area contributed by atoms with Crippen molar-refractivity contribution in [1.82, 2.24) is 5.32 Å². The number of hydrogen-bond donors (Lipinski definition) is 3. The van der Waals surface area contributed by atoms with Crippen LogP contribution in [0.5, 0.6) is 0 Å². The Morgan fingerprint density at radius 3 is 2.52 bits per heavy atom. The van der Waals surface area contributed by atoms with Crippen molar-refractivity contribution in [2.75, 3.05) is 17.2 Å². The zero-order chi connectivity index (χ0) is 35.8. The van der Waals surface area contributed by atoms with Gasteiger partial charge in [-0.15, -0.1) is 23.1 Å². The zero-order valence-corrected chi connectivity index (χ0v) is 29.3. The summed E-state index contributed by atoms with van der Waals surface area (Å²) in [4.78, 5) is 65.8. The van der Waals surface area contributed by atoms with Crippen molar-refractivity contribution in [2.45, 2.75) is 50.2 Å². The number of thioether (sulfide) groups is 1. The number of fused-ring (bicyclic) bond motifs is 1. The van der Waals surface area contributed by atoms with Crippen LogP contribution >= 0.6 is 23.1 Å². The maximum atomic E-state index is 13.6. The lowest BCUT2D eigenvalue weighted by molar-refractivity contribution is -0.385. The Bertz CT molecular complexity index is 1960. The van der Waals surface area contributed by atoms with Crippen molar-refractivity contribution < 1.29 is 28.8 Å². The number of benzene rings is 3. The fourth-order valence-corrected chi connectivity index (χ4v) is 7.78. The molecule has 1 aromatic heterocycles. The predicted octanol–water partition coefficient (Wildman–Crippen LogP) is 7.49. The second-order valence-electron chi connectivity index (χ2n) is 11.7. The largest absolute Gasteiger partial charge is 0.462 e. The molecular formula is C37H36N4O7S2. The second-order valence-corrected chi connectivity index (χ2v) is 14.2. The van der Waals surface area contributed by atoms with E-state index in [1.165, 1.54) is 47.4 Å². The van der Waals surface area contributed by atoms with E-state index >= 15 is 0 Å². The molecule has 3 N–H and O–H groups in total. The van der Waals surface area contributed by atoms with Crippen LogP contribution in [0.2, 0.25) is 0 Å². The minimum atomic E-state index is -0.706. The van der Waals surface area contributed by atoms with Gasteiger partial charge in [-0.1, -0.05) is 43.3 Å². The summed E-state index contributed by atoms with van der Waals surface area (Å²) >= 11 is 2.69. The zero-order valence-electron chi connectivity index (χ0n) is 27.7. The number of anilines is 2. The average Bonchev–Trinajstić information content (AvgIpc) is 3.45. The van der Waals surface area contributed by atoms with Gasteiger partial charge in [-0.3, -0.25) is 24.5 Å². The highest BCUT2D eigenvalue weighted by molar-refractivity contribution is 8.00. The van der Waals surface area contributed by atoms with Crippen molar-refractivity contribution in [3.8, 4) is 0 Å². The number of para-hydroxylation sites is 1. The van der Waals surface area contributed by atoms with Crippen LogP contribution in [0.1, 0.15) is 63.9 Å². The molecule has 1 aliphatic carbocycles. The van der Waals surface area contributed by atoms with Gasteiger partial charge >= 0.3 is 5.97 Å². The van der Waals surface area contributed by atoms with Gasteiger partial charge in [0.15, 0.2) is 0 Å². The molecular weight excluding hydrogens is 677 g/mol. The molecule has 1 heterocycles. The number of nitrogens with zero attached hydrogens (tertiary/aromatic N) is 1. The van der Waals surface area contributed by atoms with E-state index in [-0.39, 0.29) is 29.5 Å². The van der Waals surface area contributed by atoms with Gasteiger partial charge in [0.05, 0.1) is 27.9 Å². The molecule has 3 amide bonds. The highest BCUT2D eigenvalue weighted by Crippen LogP contribution is 2.40. The van der Waals surface area contributed by atoms with E-state index in [1.807, 2.05) is 0 Å². The van der Waals surface area contributed by atoms with Crippen LogP contribution < -0.4 is 16.0 Å². The Morgan fingerprint density at radius 1 is 1.04 bits per heavy atom. The highest BCUT2D eigenvalue weighted by atomic mass is 32.2. The van der Waals surface area contributed by atoms with Gasteiger partial charge in [0, 0.05) is 27.1 Å². The van der Waals surface area contributed by atoms with Crippen LogP contribution in [0, 0.1) is 16.0 Å². The third-order valence-electron chi connectivity index (χ3n) is 7.96. The second kappa shape index (κ2) is 16.4. The number of carbonyl (C=O) groups is 4. The lowest BCUT2D eigenvalue weighted by Crippen LogP contribution is -2.30. The molecule has 258 valence electrons. The average molecular weight is 713 g/mol. The fraction of sp³-hybridized carbons (Fsp3) is 0.243. The predicted molar refractivity (Wildman–Crippen MR) is 195 cm³/mol. The summed E-state index contributed by atoms with van der Waals surface area (Å²) in [6, 6.07) is 21.0. The van der Waals surface area contributed by atoms with Gasteiger partial charge in [0.1, 0.15) is 10.7 Å². The first-order chi connectivity index (χ1) is 24.0. The molecule has 4 aromatic rings. The maximum Gasteiger partial charge on any atom is 0.341 e. The van der Waals surface area contributed by atoms with Crippen LogP contribution in [0.4, 0.5) is 16.4 Å². The number of ether oxygens (including phenoxy) is 1. The number of nitro groups is 1. The Labute approximate surface area is 297 Å². The van der Waals surface area contributed by atoms with Crippen LogP contribution in [0.15, 0.2) is 89.5 Å². The third kappa shape index (κ3) is 8.84. The minimum absolute atomic E-state index is 0.132. The van der Waals surface area contributed by atoms with Gasteiger partial charge in [0.2, 0.25) is 5.91 Å². The number of thiophene rings is 1. The number of esters is 1. The van der Waals surface area contributed by atoms with Crippen molar-refractivity contribution >= 4 is 69.2 Å². The van der Waals surface area contributed by atoms with E-state index in [2.05, 4.69) is 22.9 Å². The maximum absolute atomic E-state index is 13.6. The number of rotatable bonds is 12. The van der Waals surface area contributed by atoms with Crippen LogP contribution in [0.3, 0.4) is 0 Å². The van der Waals surface area contributed by atoms with Crippen molar-refractivity contribution in [1.29, 1.82) is 0 Å². The molecule has 0 saturated carbocycles. The van der Waals surface area contributed by atoms with E-state index in [0.717, 1.165) is 29.7 Å². The monoisotopic (exact) mass is 712 g/mol. The normalized spacial score (nSPS) is 14.5. The quantitative estimate of drug-likeness (QED) is 0.0449. The molecule has 0 fully saturated rings. The van der Waals surface area contributed by atoms with Gasteiger partial charge < -0.3 is 20.7 Å². The summed E-state index contributed by atoms with van der Waals surface area (Å²) in [5, 5.41) is 19.9. The molecule has 11 nitrogen and oxygen atoms in total. The molecule has 13 heteroatoms. The van der Waals surface area contributed by atoms with Crippen LogP contribution in [-0.2, 0) is 27.2 Å². The summed E-state index contributed by atoms with van der Waals surface area (Å²) < 4.78 is 5.33. The first kappa shape index (κ1) is 36.0. The van der Waals surface area contributed by atoms with Gasteiger partial charge in [0.25, 0.3) is 17.5 Å². The molecule has 0 aliphatic heterocycles. The van der Waals surface area contributed by atoms with Crippen molar-refractivity contribution in [3.05, 3.63) is 122 Å². The SMILES string of the molecule is CCOC(=O)c1c(NC(=O)C(C)Sc2cccc(NC(=O)/C(=C\c3ccccc3[N+](=O)[O-])NC(=O)c3ccccc3)c2)sc2c1CCC(C)C2. The number of amides is 3. The summed E-state index contributed by atoms with van der Waals surface area (Å²) in [6.07, 6.45) is 3.83. The van der Waals surface area contributed by atoms with E-state index in [1.54, 1.807) is 74.5 Å². The molecule has 0 radical (unpaired) electrons. The van der Waals surface area contributed by atoms with Crippen LogP contribution in [-0.4, -0.2) is 40.5 Å². The number of hydrogen-bond acceptors (Lipinski definition) is 9. The molecule has 0 saturated heterocycles. The van der Waals surface area contributed by atoms with E-state index < -0.39 is 28.0 Å². The smallest absolute Gasteiger partial charge is 0.341 e. The van der Waals surface area contributed by atoms with Gasteiger partial charge in [-0.25, -0.2) is 4.79 Å². The molecule has 3 aromatic carbocycles. The number of carbonyl (C=O) groups excluding carboxylic acids is 4. The molecule has 2 unspecified atom stereocenters. The van der Waals surface area contributed by atoms with Crippen molar-refractivity contribution in [2.24, 2.45) is 5.92 Å². The molecule has 50 heavy (non-hydrogen) atoms. The van der Waals surface area contributed by atoms with Crippen LogP contribution in [0.25, 0.3) is 6.08 Å². The molecule has 0 spiro atoms. The Kier molecular flexibility index (Phi) is 11.8. The Balaban J connectivity index is 1.32. The summed E-state index contributed by atoms with van der Waals surface area (Å²) in [5.41, 5.74) is 1.77. The minimum Gasteiger partial charge on any atom is -0.462 e. The topological polar surface area (TPSA) is 157 Å². The number of nitrogens with one attached hydrogen (secondary N) is 3. The lowest BCUT2D eigenvalue weighted by atomic mass is 9.88.